The van der Waals surface area contributed by atoms with Crippen LogP contribution in [0.2, 0.25) is 0 Å². The van der Waals surface area contributed by atoms with Crippen LogP contribution in [0.5, 0.6) is 0 Å². The molecule has 0 spiro atoms. The van der Waals surface area contributed by atoms with Crippen LogP contribution in [0, 0.1) is 0 Å². The highest BCUT2D eigenvalue weighted by Gasteiger charge is 2.10. The third-order valence-electron chi connectivity index (χ3n) is 2.24. The Morgan fingerprint density at radius 3 is 1.53 bits per heavy atom. The van der Waals surface area contributed by atoms with E-state index in [1.54, 1.807) is 22.7 Å². The molecule has 0 aromatic carbocycles. The average molecular weight is 390 g/mol. The van der Waals surface area contributed by atoms with Gasteiger partial charge in [0.25, 0.3) is 0 Å². The quantitative estimate of drug-likeness (QED) is 0.503. The van der Waals surface area contributed by atoms with E-state index < -0.39 is 0 Å². The van der Waals surface area contributed by atoms with E-state index in [1.165, 1.54) is 0 Å². The molecule has 0 saturated heterocycles. The van der Waals surface area contributed by atoms with Crippen LogP contribution in [0.1, 0.15) is 0 Å². The predicted octanol–water partition coefficient (Wildman–Crippen LogP) is 6.26. The van der Waals surface area contributed by atoms with Crippen LogP contribution in [0.4, 0.5) is 0 Å². The Kier molecular flexibility index (Phi) is 3.25. The van der Waals surface area contributed by atoms with Gasteiger partial charge >= 0.3 is 0 Å². The second-order valence-electron chi connectivity index (χ2n) is 3.37. The number of hydrogen-bond acceptors (Lipinski definition) is 3. The van der Waals surface area contributed by atoms with Crippen LogP contribution in [0.3, 0.4) is 0 Å². The first-order chi connectivity index (χ1) is 8.22. The lowest BCUT2D eigenvalue weighted by Crippen LogP contribution is -1.63. The molecule has 5 heteroatoms. The maximum absolute atomic E-state index is 5.86. The summed E-state index contributed by atoms with van der Waals surface area (Å²) in [5.41, 5.74) is 0. The third kappa shape index (κ3) is 2.42. The van der Waals surface area contributed by atoms with Gasteiger partial charge in [-0.2, -0.15) is 0 Å². The standard InChI is InChI=1S/C12H6Br2OS2/c13-11-5-3-9(16-11)7-1-2-8(15-7)10-4-6-12(14)17-10/h1-6H. The summed E-state index contributed by atoms with van der Waals surface area (Å²) in [6.07, 6.45) is 0. The highest BCUT2D eigenvalue weighted by molar-refractivity contribution is 9.11. The summed E-state index contributed by atoms with van der Waals surface area (Å²) in [6, 6.07) is 12.2. The Morgan fingerprint density at radius 2 is 1.18 bits per heavy atom. The molecule has 0 fully saturated rings. The maximum atomic E-state index is 5.86. The molecule has 0 aliphatic rings. The lowest BCUT2D eigenvalue weighted by molar-refractivity contribution is 0.600. The zero-order valence-corrected chi connectivity index (χ0v) is 13.2. The molecule has 3 heterocycles. The summed E-state index contributed by atoms with van der Waals surface area (Å²) in [6.45, 7) is 0. The van der Waals surface area contributed by atoms with E-state index in [9.17, 15) is 0 Å². The van der Waals surface area contributed by atoms with Gasteiger partial charge in [0.05, 0.1) is 17.3 Å². The van der Waals surface area contributed by atoms with Crippen LogP contribution in [0.25, 0.3) is 21.3 Å². The summed E-state index contributed by atoms with van der Waals surface area (Å²) in [4.78, 5) is 2.28. The summed E-state index contributed by atoms with van der Waals surface area (Å²) < 4.78 is 8.09. The number of furan rings is 1. The molecule has 0 bridgehead atoms. The molecule has 0 aliphatic carbocycles. The van der Waals surface area contributed by atoms with E-state index in [2.05, 4.69) is 44.0 Å². The van der Waals surface area contributed by atoms with Crippen molar-refractivity contribution in [2.45, 2.75) is 0 Å². The van der Waals surface area contributed by atoms with Crippen LogP contribution in [0.15, 0.2) is 48.4 Å². The molecular weight excluding hydrogens is 384 g/mol. The van der Waals surface area contributed by atoms with Gasteiger partial charge in [-0.3, -0.25) is 0 Å². The first kappa shape index (κ1) is 11.7. The fourth-order valence-electron chi connectivity index (χ4n) is 1.50. The van der Waals surface area contributed by atoms with Crippen molar-refractivity contribution in [1.29, 1.82) is 0 Å². The normalized spacial score (nSPS) is 10.9. The lowest BCUT2D eigenvalue weighted by Gasteiger charge is -1.91. The van der Waals surface area contributed by atoms with Crippen molar-refractivity contribution in [2.75, 3.05) is 0 Å². The second kappa shape index (κ2) is 4.72. The molecule has 0 N–H and O–H groups in total. The second-order valence-corrected chi connectivity index (χ2v) is 8.30. The van der Waals surface area contributed by atoms with Crippen molar-refractivity contribution < 1.29 is 4.42 Å². The minimum Gasteiger partial charge on any atom is -0.454 e. The molecule has 0 atom stereocenters. The molecule has 0 radical (unpaired) electrons. The first-order valence-corrected chi connectivity index (χ1v) is 8.05. The number of rotatable bonds is 2. The summed E-state index contributed by atoms with van der Waals surface area (Å²) >= 11 is 10.3. The summed E-state index contributed by atoms with van der Waals surface area (Å²) in [5.74, 6) is 1.83. The predicted molar refractivity (Wildman–Crippen MR) is 80.7 cm³/mol. The zero-order chi connectivity index (χ0) is 11.8. The van der Waals surface area contributed by atoms with E-state index in [0.29, 0.717) is 0 Å². The minimum atomic E-state index is 0.917. The monoisotopic (exact) mass is 388 g/mol. The molecular formula is C12H6Br2OS2. The fourth-order valence-corrected chi connectivity index (χ4v) is 4.19. The fraction of sp³-hybridized carbons (Fsp3) is 0. The van der Waals surface area contributed by atoms with Gasteiger partial charge in [0.15, 0.2) is 0 Å². The van der Waals surface area contributed by atoms with Crippen molar-refractivity contribution in [2.24, 2.45) is 0 Å². The maximum Gasteiger partial charge on any atom is 0.144 e. The third-order valence-corrected chi connectivity index (χ3v) is 5.51. The van der Waals surface area contributed by atoms with Crippen LogP contribution in [-0.2, 0) is 0 Å². The molecule has 3 aromatic heterocycles. The van der Waals surface area contributed by atoms with E-state index in [-0.39, 0.29) is 0 Å². The van der Waals surface area contributed by atoms with Crippen molar-refractivity contribution in [3.8, 4) is 21.3 Å². The van der Waals surface area contributed by atoms with Crippen molar-refractivity contribution in [3.63, 3.8) is 0 Å². The Labute approximate surface area is 123 Å². The SMILES string of the molecule is Brc1ccc(-c2ccc(-c3ccc(Br)s3)o2)s1. The van der Waals surface area contributed by atoms with Crippen molar-refractivity contribution in [3.05, 3.63) is 44.0 Å². The molecule has 86 valence electrons. The molecule has 3 aromatic rings. The Bertz CT molecular complexity index is 596. The highest BCUT2D eigenvalue weighted by Crippen LogP contribution is 2.37. The van der Waals surface area contributed by atoms with E-state index in [1.807, 2.05) is 24.3 Å². The van der Waals surface area contributed by atoms with Crippen molar-refractivity contribution in [1.82, 2.24) is 0 Å². The van der Waals surface area contributed by atoms with Gasteiger partial charge in [0, 0.05) is 0 Å². The number of halogens is 2. The van der Waals surface area contributed by atoms with Crippen LogP contribution < -0.4 is 0 Å². The van der Waals surface area contributed by atoms with Gasteiger partial charge in [-0.15, -0.1) is 22.7 Å². The van der Waals surface area contributed by atoms with Gasteiger partial charge in [0.2, 0.25) is 0 Å². The molecule has 0 aliphatic heterocycles. The first-order valence-electron chi connectivity index (χ1n) is 4.83. The topological polar surface area (TPSA) is 13.1 Å². The zero-order valence-electron chi connectivity index (χ0n) is 8.44. The van der Waals surface area contributed by atoms with E-state index in [0.717, 1.165) is 28.8 Å². The Morgan fingerprint density at radius 1 is 0.706 bits per heavy atom. The van der Waals surface area contributed by atoms with Crippen molar-refractivity contribution >= 4 is 54.5 Å². The molecule has 1 nitrogen and oxygen atoms in total. The highest BCUT2D eigenvalue weighted by atomic mass is 79.9. The van der Waals surface area contributed by atoms with Gasteiger partial charge in [-0.05, 0) is 68.3 Å². The Balaban J connectivity index is 1.98. The molecule has 3 rings (SSSR count). The van der Waals surface area contributed by atoms with Gasteiger partial charge in [0.1, 0.15) is 11.5 Å². The molecule has 17 heavy (non-hydrogen) atoms. The summed E-state index contributed by atoms with van der Waals surface area (Å²) in [5, 5.41) is 0. The minimum absolute atomic E-state index is 0.917. The van der Waals surface area contributed by atoms with Gasteiger partial charge in [-0.1, -0.05) is 0 Å². The number of hydrogen-bond donors (Lipinski definition) is 0. The van der Waals surface area contributed by atoms with E-state index >= 15 is 0 Å². The van der Waals surface area contributed by atoms with Crippen LogP contribution >= 0.6 is 54.5 Å². The van der Waals surface area contributed by atoms with Crippen LogP contribution in [-0.4, -0.2) is 0 Å². The van der Waals surface area contributed by atoms with Gasteiger partial charge in [-0.25, -0.2) is 0 Å². The lowest BCUT2D eigenvalue weighted by atomic mass is 10.3. The largest absolute Gasteiger partial charge is 0.454 e. The molecule has 0 amide bonds. The molecule has 0 saturated carbocycles. The number of thiophene rings is 2. The Hall–Kier alpha value is -0.360. The molecule has 0 unspecified atom stereocenters. The summed E-state index contributed by atoms with van der Waals surface area (Å²) in [7, 11) is 0. The average Bonchev–Trinajstić information content (AvgIpc) is 2.96. The van der Waals surface area contributed by atoms with Gasteiger partial charge < -0.3 is 4.42 Å². The van der Waals surface area contributed by atoms with E-state index in [4.69, 9.17) is 4.42 Å². The smallest absolute Gasteiger partial charge is 0.144 e.